The van der Waals surface area contributed by atoms with Crippen LogP contribution in [0.5, 0.6) is 0 Å². The molecule has 0 unspecified atom stereocenters. The summed E-state index contributed by atoms with van der Waals surface area (Å²) in [6, 6.07) is 8.12. The van der Waals surface area contributed by atoms with Crippen molar-refractivity contribution < 1.29 is 35.9 Å². The fourth-order valence-electron chi connectivity index (χ4n) is 1.31. The van der Waals surface area contributed by atoms with Crippen molar-refractivity contribution in [3.63, 3.8) is 0 Å². The molecule has 1 rings (SSSR count). The van der Waals surface area contributed by atoms with E-state index < -0.39 is 29.5 Å². The third kappa shape index (κ3) is 5.21. The first-order valence-corrected chi connectivity index (χ1v) is 6.67. The van der Waals surface area contributed by atoms with E-state index in [1.807, 2.05) is 0 Å². The molecule has 9 heteroatoms. The van der Waals surface area contributed by atoms with Crippen molar-refractivity contribution in [2.24, 2.45) is 0 Å². The Bertz CT molecular complexity index is 546. The van der Waals surface area contributed by atoms with Gasteiger partial charge in [0.05, 0.1) is 5.57 Å². The molecule has 0 radical (unpaired) electrons. The van der Waals surface area contributed by atoms with E-state index in [4.69, 9.17) is 0 Å². The molecule has 0 aliphatic heterocycles. The van der Waals surface area contributed by atoms with E-state index in [2.05, 4.69) is 0 Å². The zero-order valence-electron chi connectivity index (χ0n) is 10.7. The SMILES string of the molecule is O=C(C(=CSCc1ccccc1)C(=O)C(F)(F)F)C(F)(F)F. The van der Waals surface area contributed by atoms with Gasteiger partial charge in [-0.05, 0) is 11.0 Å². The van der Waals surface area contributed by atoms with Gasteiger partial charge in [0.2, 0.25) is 0 Å². The van der Waals surface area contributed by atoms with E-state index in [9.17, 15) is 35.9 Å². The average Bonchev–Trinajstić information content (AvgIpc) is 2.41. The van der Waals surface area contributed by atoms with Crippen molar-refractivity contribution in [1.82, 2.24) is 0 Å². The number of alkyl halides is 6. The lowest BCUT2D eigenvalue weighted by Crippen LogP contribution is -2.34. The molecule has 0 aliphatic carbocycles. The van der Waals surface area contributed by atoms with Gasteiger partial charge in [0.15, 0.2) is 0 Å². The number of rotatable bonds is 5. The van der Waals surface area contributed by atoms with Gasteiger partial charge in [-0.25, -0.2) is 0 Å². The van der Waals surface area contributed by atoms with Crippen LogP contribution in [0.2, 0.25) is 0 Å². The summed E-state index contributed by atoms with van der Waals surface area (Å²) in [6.07, 6.45) is -11.1. The Morgan fingerprint density at radius 1 is 0.909 bits per heavy atom. The molecule has 0 amide bonds. The number of benzene rings is 1. The standard InChI is InChI=1S/C13H8F6O2S/c14-12(15,16)10(20)9(11(21)13(17,18)19)7-22-6-8-4-2-1-3-5-8/h1-5,7H,6H2. The molecule has 0 saturated carbocycles. The highest BCUT2D eigenvalue weighted by atomic mass is 32.2. The first kappa shape index (κ1) is 18.3. The summed E-state index contributed by atoms with van der Waals surface area (Å²) in [6.45, 7) is 0. The predicted octanol–water partition coefficient (Wildman–Crippen LogP) is 4.07. The molecule has 1 aromatic carbocycles. The molecule has 1 aromatic rings. The lowest BCUT2D eigenvalue weighted by Gasteiger charge is -2.10. The summed E-state index contributed by atoms with van der Waals surface area (Å²) in [4.78, 5) is 21.9. The van der Waals surface area contributed by atoms with Crippen molar-refractivity contribution in [3.8, 4) is 0 Å². The first-order valence-electron chi connectivity index (χ1n) is 5.62. The van der Waals surface area contributed by atoms with E-state index in [0.29, 0.717) is 22.7 Å². The Morgan fingerprint density at radius 3 is 1.77 bits per heavy atom. The van der Waals surface area contributed by atoms with Gasteiger partial charge >= 0.3 is 12.4 Å². The van der Waals surface area contributed by atoms with Crippen molar-refractivity contribution >= 4 is 23.3 Å². The molecule has 0 atom stereocenters. The van der Waals surface area contributed by atoms with Crippen LogP contribution in [0.25, 0.3) is 0 Å². The Hall–Kier alpha value is -1.77. The van der Waals surface area contributed by atoms with Gasteiger partial charge in [-0.15, -0.1) is 11.8 Å². The maximum absolute atomic E-state index is 12.3. The molecule has 0 fully saturated rings. The van der Waals surface area contributed by atoms with Crippen molar-refractivity contribution in [3.05, 3.63) is 46.9 Å². The highest BCUT2D eigenvalue weighted by molar-refractivity contribution is 8.01. The lowest BCUT2D eigenvalue weighted by molar-refractivity contribution is -0.175. The Balaban J connectivity index is 2.97. The fourth-order valence-corrected chi connectivity index (χ4v) is 2.16. The fraction of sp³-hybridized carbons (Fsp3) is 0.231. The average molecular weight is 342 g/mol. The van der Waals surface area contributed by atoms with Gasteiger partial charge in [-0.3, -0.25) is 9.59 Å². The van der Waals surface area contributed by atoms with Crippen LogP contribution >= 0.6 is 11.8 Å². The van der Waals surface area contributed by atoms with E-state index in [0.717, 1.165) is 0 Å². The summed E-state index contributed by atoms with van der Waals surface area (Å²) in [5.74, 6) is -5.61. The number of thioether (sulfide) groups is 1. The minimum Gasteiger partial charge on any atom is -0.284 e. The lowest BCUT2D eigenvalue weighted by atomic mass is 10.1. The molecule has 2 nitrogen and oxygen atoms in total. The highest BCUT2D eigenvalue weighted by Crippen LogP contribution is 2.29. The second-order valence-electron chi connectivity index (χ2n) is 3.98. The molecular weight excluding hydrogens is 334 g/mol. The summed E-state index contributed by atoms with van der Waals surface area (Å²) in [5, 5.41) is 0.304. The van der Waals surface area contributed by atoms with Crippen molar-refractivity contribution in [2.75, 3.05) is 0 Å². The largest absolute Gasteiger partial charge is 0.455 e. The number of hydrogen-bond acceptors (Lipinski definition) is 3. The van der Waals surface area contributed by atoms with Crippen molar-refractivity contribution in [1.29, 1.82) is 0 Å². The predicted molar refractivity (Wildman–Crippen MR) is 67.9 cm³/mol. The van der Waals surface area contributed by atoms with Crippen LogP contribution in [0.15, 0.2) is 41.3 Å². The minimum atomic E-state index is -5.56. The second-order valence-corrected chi connectivity index (χ2v) is 4.84. The zero-order valence-corrected chi connectivity index (χ0v) is 11.5. The van der Waals surface area contributed by atoms with E-state index in [1.54, 1.807) is 30.3 Å². The Kier molecular flexibility index (Phi) is 5.81. The zero-order chi connectivity index (χ0) is 17.0. The van der Waals surface area contributed by atoms with Crippen molar-refractivity contribution in [2.45, 2.75) is 18.1 Å². The van der Waals surface area contributed by atoms with Crippen LogP contribution in [0, 0.1) is 0 Å². The van der Waals surface area contributed by atoms with E-state index in [1.165, 1.54) is 0 Å². The summed E-state index contributed by atoms with van der Waals surface area (Å²) < 4.78 is 73.7. The van der Waals surface area contributed by atoms with Crippen LogP contribution in [0.3, 0.4) is 0 Å². The third-order valence-corrected chi connectivity index (χ3v) is 3.20. The second kappa shape index (κ2) is 6.99. The number of hydrogen-bond donors (Lipinski definition) is 0. The molecular formula is C13H8F6O2S. The molecule has 22 heavy (non-hydrogen) atoms. The number of halogens is 6. The molecule has 0 saturated heterocycles. The molecule has 0 aromatic heterocycles. The maximum atomic E-state index is 12.3. The van der Waals surface area contributed by atoms with Gasteiger partial charge < -0.3 is 0 Å². The van der Waals surface area contributed by atoms with Crippen LogP contribution in [0.1, 0.15) is 5.56 Å². The summed E-state index contributed by atoms with van der Waals surface area (Å²) >= 11 is 0.500. The smallest absolute Gasteiger partial charge is 0.284 e. The van der Waals surface area contributed by atoms with Gasteiger partial charge in [0.25, 0.3) is 11.6 Å². The van der Waals surface area contributed by atoms with Crippen LogP contribution < -0.4 is 0 Å². The minimum absolute atomic E-state index is 0.0145. The summed E-state index contributed by atoms with van der Waals surface area (Å²) in [7, 11) is 0. The molecule has 120 valence electrons. The monoisotopic (exact) mass is 342 g/mol. The van der Waals surface area contributed by atoms with Gasteiger partial charge in [0, 0.05) is 5.75 Å². The van der Waals surface area contributed by atoms with Crippen LogP contribution in [0.4, 0.5) is 26.3 Å². The molecule has 0 spiro atoms. The molecule has 0 heterocycles. The Morgan fingerprint density at radius 2 is 1.36 bits per heavy atom. The number of allylic oxidation sites excluding steroid dienone is 1. The molecule has 0 aliphatic rings. The molecule has 0 bridgehead atoms. The van der Waals surface area contributed by atoms with Gasteiger partial charge in [-0.1, -0.05) is 30.3 Å². The van der Waals surface area contributed by atoms with Crippen LogP contribution in [-0.4, -0.2) is 23.9 Å². The number of ketones is 2. The van der Waals surface area contributed by atoms with Gasteiger partial charge in [0.1, 0.15) is 0 Å². The first-order chi connectivity index (χ1) is 10.0. The van der Waals surface area contributed by atoms with E-state index >= 15 is 0 Å². The number of carbonyl (C=O) groups excluding carboxylic acids is 2. The van der Waals surface area contributed by atoms with Crippen LogP contribution in [-0.2, 0) is 15.3 Å². The highest BCUT2D eigenvalue weighted by Gasteiger charge is 2.50. The maximum Gasteiger partial charge on any atom is 0.455 e. The molecule has 0 N–H and O–H groups in total. The van der Waals surface area contributed by atoms with Gasteiger partial charge in [-0.2, -0.15) is 26.3 Å². The number of Topliss-reactive ketones (excluding diaryl/α,β-unsaturated/α-hetero) is 2. The summed E-state index contributed by atoms with van der Waals surface area (Å²) in [5.41, 5.74) is -1.32. The quantitative estimate of drug-likeness (QED) is 0.350. The van der Waals surface area contributed by atoms with E-state index in [-0.39, 0.29) is 5.75 Å². The Labute approximate surface area is 125 Å². The number of carbonyl (C=O) groups is 2. The third-order valence-electron chi connectivity index (χ3n) is 2.30. The normalized spacial score (nSPS) is 11.9. The topological polar surface area (TPSA) is 34.1 Å².